The third-order valence-electron chi connectivity index (χ3n) is 5.07. The molecule has 0 aromatic heterocycles. The van der Waals surface area contributed by atoms with E-state index in [2.05, 4.69) is 10.6 Å². The maximum Gasteiger partial charge on any atom is 0.243 e. The van der Waals surface area contributed by atoms with E-state index in [1.165, 1.54) is 5.56 Å². The maximum atomic E-state index is 12.7. The van der Waals surface area contributed by atoms with Gasteiger partial charge in [-0.05, 0) is 44.7 Å². The molecule has 1 aromatic carbocycles. The fourth-order valence-corrected chi connectivity index (χ4v) is 3.61. The minimum atomic E-state index is -0.301. The lowest BCUT2D eigenvalue weighted by Crippen LogP contribution is -2.50. The molecule has 2 fully saturated rings. The van der Waals surface area contributed by atoms with E-state index in [1.807, 2.05) is 36.1 Å². The summed E-state index contributed by atoms with van der Waals surface area (Å²) in [6.45, 7) is 5.00. The quantitative estimate of drug-likeness (QED) is 0.858. The van der Waals surface area contributed by atoms with Crippen molar-refractivity contribution in [2.45, 2.75) is 45.2 Å². The van der Waals surface area contributed by atoms with Crippen LogP contribution in [0.1, 0.15) is 36.8 Å². The van der Waals surface area contributed by atoms with Crippen molar-refractivity contribution in [1.29, 1.82) is 0 Å². The molecular weight excluding hydrogens is 338 g/mol. The van der Waals surface area contributed by atoms with E-state index in [9.17, 15) is 9.59 Å². The molecule has 0 spiro atoms. The first-order chi connectivity index (χ1) is 11.6. The topological polar surface area (TPSA) is 61.4 Å². The second-order valence-electron chi connectivity index (χ2n) is 6.94. The molecule has 2 atom stereocenters. The number of nitrogens with one attached hydrogen (secondary N) is 2. The number of nitrogens with zero attached hydrogens (tertiary/aromatic N) is 1. The lowest BCUT2D eigenvalue weighted by Gasteiger charge is -2.30. The number of likely N-dealkylation sites (tertiary alicyclic amines) is 1. The summed E-state index contributed by atoms with van der Waals surface area (Å²) in [6, 6.07) is 7.85. The average Bonchev–Trinajstić information content (AvgIpc) is 3.11. The van der Waals surface area contributed by atoms with Gasteiger partial charge in [0.1, 0.15) is 6.04 Å². The van der Waals surface area contributed by atoms with Crippen molar-refractivity contribution in [1.82, 2.24) is 15.5 Å². The normalized spacial score (nSPS) is 23.0. The van der Waals surface area contributed by atoms with Gasteiger partial charge in [-0.3, -0.25) is 9.59 Å². The van der Waals surface area contributed by atoms with Gasteiger partial charge in [-0.2, -0.15) is 0 Å². The zero-order valence-electron chi connectivity index (χ0n) is 14.8. The van der Waals surface area contributed by atoms with Gasteiger partial charge in [-0.25, -0.2) is 0 Å². The molecular formula is C19H28ClN3O2. The lowest BCUT2D eigenvalue weighted by atomic mass is 9.97. The Morgan fingerprint density at radius 3 is 2.64 bits per heavy atom. The number of rotatable bonds is 4. The monoisotopic (exact) mass is 365 g/mol. The molecule has 0 bridgehead atoms. The van der Waals surface area contributed by atoms with Crippen molar-refractivity contribution < 1.29 is 9.59 Å². The minimum absolute atomic E-state index is 0. The number of hydrogen-bond donors (Lipinski definition) is 2. The number of amides is 2. The predicted octanol–water partition coefficient (Wildman–Crippen LogP) is 2.02. The number of carbonyl (C=O) groups excluding carboxylic acids is 2. The number of carbonyl (C=O) groups is 2. The Bertz CT molecular complexity index is 585. The van der Waals surface area contributed by atoms with Crippen LogP contribution in [0.5, 0.6) is 0 Å². The molecule has 1 aromatic rings. The highest BCUT2D eigenvalue weighted by atomic mass is 35.5. The smallest absolute Gasteiger partial charge is 0.243 e. The first-order valence-corrected chi connectivity index (χ1v) is 8.99. The third kappa shape index (κ3) is 4.95. The van der Waals surface area contributed by atoms with E-state index >= 15 is 0 Å². The first kappa shape index (κ1) is 19.7. The van der Waals surface area contributed by atoms with Gasteiger partial charge in [0, 0.05) is 19.6 Å². The fraction of sp³-hybridized carbons (Fsp3) is 0.579. The SMILES string of the molecule is Cc1ccc(CNC(=O)[C@H]2CCCN2C(=O)[C@H]2CCCNC2)cc1.Cl. The Balaban J connectivity index is 0.00000225. The average molecular weight is 366 g/mol. The second kappa shape index (κ2) is 9.20. The molecule has 0 unspecified atom stereocenters. The van der Waals surface area contributed by atoms with Gasteiger partial charge in [-0.15, -0.1) is 12.4 Å². The first-order valence-electron chi connectivity index (χ1n) is 8.99. The third-order valence-corrected chi connectivity index (χ3v) is 5.07. The van der Waals surface area contributed by atoms with E-state index in [4.69, 9.17) is 0 Å². The Morgan fingerprint density at radius 1 is 1.20 bits per heavy atom. The molecule has 25 heavy (non-hydrogen) atoms. The molecule has 2 N–H and O–H groups in total. The predicted molar refractivity (Wildman–Crippen MR) is 101 cm³/mol. The van der Waals surface area contributed by atoms with Crippen molar-refractivity contribution in [3.63, 3.8) is 0 Å². The van der Waals surface area contributed by atoms with Crippen LogP contribution in [-0.2, 0) is 16.1 Å². The Kier molecular flexibility index (Phi) is 7.26. The van der Waals surface area contributed by atoms with Crippen LogP contribution in [0.3, 0.4) is 0 Å². The summed E-state index contributed by atoms with van der Waals surface area (Å²) in [6.07, 6.45) is 3.65. The molecule has 2 amide bonds. The minimum Gasteiger partial charge on any atom is -0.350 e. The van der Waals surface area contributed by atoms with Gasteiger partial charge in [0.05, 0.1) is 5.92 Å². The summed E-state index contributed by atoms with van der Waals surface area (Å²) >= 11 is 0. The molecule has 2 heterocycles. The number of aryl methyl sites for hydroxylation is 1. The number of benzene rings is 1. The molecule has 3 rings (SSSR count). The Hall–Kier alpha value is -1.59. The van der Waals surface area contributed by atoms with Crippen LogP contribution in [0, 0.1) is 12.8 Å². The van der Waals surface area contributed by atoms with Gasteiger partial charge in [0.2, 0.25) is 11.8 Å². The van der Waals surface area contributed by atoms with Gasteiger partial charge in [-0.1, -0.05) is 29.8 Å². The maximum absolute atomic E-state index is 12.7. The molecule has 0 aliphatic carbocycles. The van der Waals surface area contributed by atoms with Crippen LogP contribution in [0.2, 0.25) is 0 Å². The zero-order valence-corrected chi connectivity index (χ0v) is 15.6. The molecule has 2 saturated heterocycles. The van der Waals surface area contributed by atoms with E-state index in [-0.39, 0.29) is 36.2 Å². The van der Waals surface area contributed by atoms with Crippen molar-refractivity contribution in [3.05, 3.63) is 35.4 Å². The molecule has 138 valence electrons. The highest BCUT2D eigenvalue weighted by molar-refractivity contribution is 5.89. The summed E-state index contributed by atoms with van der Waals surface area (Å²) in [7, 11) is 0. The molecule has 2 aliphatic heterocycles. The van der Waals surface area contributed by atoms with Crippen molar-refractivity contribution in [2.75, 3.05) is 19.6 Å². The van der Waals surface area contributed by atoms with Gasteiger partial charge in [0.25, 0.3) is 0 Å². The fourth-order valence-electron chi connectivity index (χ4n) is 3.61. The highest BCUT2D eigenvalue weighted by Crippen LogP contribution is 2.23. The van der Waals surface area contributed by atoms with E-state index in [0.717, 1.165) is 44.3 Å². The van der Waals surface area contributed by atoms with E-state index in [1.54, 1.807) is 0 Å². The second-order valence-corrected chi connectivity index (χ2v) is 6.94. The molecule has 0 saturated carbocycles. The number of hydrogen-bond acceptors (Lipinski definition) is 3. The van der Waals surface area contributed by atoms with Crippen LogP contribution in [0.15, 0.2) is 24.3 Å². The molecule has 0 radical (unpaired) electrons. The summed E-state index contributed by atoms with van der Waals surface area (Å²) in [5.41, 5.74) is 2.29. The van der Waals surface area contributed by atoms with Gasteiger partial charge < -0.3 is 15.5 Å². The zero-order chi connectivity index (χ0) is 16.9. The van der Waals surface area contributed by atoms with Crippen LogP contribution in [-0.4, -0.2) is 42.4 Å². The van der Waals surface area contributed by atoms with E-state index in [0.29, 0.717) is 13.1 Å². The summed E-state index contributed by atoms with van der Waals surface area (Å²) in [5.74, 6) is 0.157. The number of piperidine rings is 1. The van der Waals surface area contributed by atoms with Crippen LogP contribution in [0.25, 0.3) is 0 Å². The highest BCUT2D eigenvalue weighted by Gasteiger charge is 2.37. The van der Waals surface area contributed by atoms with Gasteiger partial charge >= 0.3 is 0 Å². The standard InChI is InChI=1S/C19H27N3O2.ClH/c1-14-6-8-15(9-7-14)12-21-18(23)17-5-3-11-22(17)19(24)16-4-2-10-20-13-16;/h6-9,16-17,20H,2-5,10-13H2,1H3,(H,21,23);1H/t16-,17+;/m0./s1. The Labute approximate surface area is 155 Å². The van der Waals surface area contributed by atoms with Crippen LogP contribution < -0.4 is 10.6 Å². The van der Waals surface area contributed by atoms with Crippen LogP contribution >= 0.6 is 12.4 Å². The van der Waals surface area contributed by atoms with Crippen LogP contribution in [0.4, 0.5) is 0 Å². The van der Waals surface area contributed by atoms with E-state index < -0.39 is 0 Å². The molecule has 5 nitrogen and oxygen atoms in total. The van der Waals surface area contributed by atoms with Crippen molar-refractivity contribution in [3.8, 4) is 0 Å². The summed E-state index contributed by atoms with van der Waals surface area (Å²) in [4.78, 5) is 27.1. The number of halogens is 1. The molecule has 2 aliphatic rings. The largest absolute Gasteiger partial charge is 0.350 e. The van der Waals surface area contributed by atoms with Gasteiger partial charge in [0.15, 0.2) is 0 Å². The summed E-state index contributed by atoms with van der Waals surface area (Å²) < 4.78 is 0. The Morgan fingerprint density at radius 2 is 1.96 bits per heavy atom. The lowest BCUT2D eigenvalue weighted by molar-refractivity contribution is -0.142. The molecule has 6 heteroatoms. The van der Waals surface area contributed by atoms with Crippen molar-refractivity contribution in [2.24, 2.45) is 5.92 Å². The summed E-state index contributed by atoms with van der Waals surface area (Å²) in [5, 5.41) is 6.29. The van der Waals surface area contributed by atoms with Crippen molar-refractivity contribution >= 4 is 24.2 Å².